The van der Waals surface area contributed by atoms with Gasteiger partial charge in [0.1, 0.15) is 0 Å². The third-order valence-electron chi connectivity index (χ3n) is 3.71. The summed E-state index contributed by atoms with van der Waals surface area (Å²) >= 11 is 0. The molecule has 0 aliphatic heterocycles. The molecule has 0 heteroatoms. The van der Waals surface area contributed by atoms with E-state index >= 15 is 0 Å². The Morgan fingerprint density at radius 1 is 0.882 bits per heavy atom. The monoisotopic (exact) mass is 221 g/mol. The van der Waals surface area contributed by atoms with E-state index in [9.17, 15) is 0 Å². The van der Waals surface area contributed by atoms with Crippen molar-refractivity contribution in [2.24, 2.45) is 0 Å². The molecule has 0 atom stereocenters. The molecule has 0 N–H and O–H groups in total. The minimum Gasteiger partial charge on any atom is -0.0623 e. The average Bonchev–Trinajstić information content (AvgIpc) is 2.71. The van der Waals surface area contributed by atoms with Crippen LogP contribution in [-0.4, -0.2) is 0 Å². The van der Waals surface area contributed by atoms with Crippen LogP contribution in [0, 0.1) is 6.42 Å². The summed E-state index contributed by atoms with van der Waals surface area (Å²) < 4.78 is 0. The first-order chi connectivity index (χ1) is 8.42. The Morgan fingerprint density at radius 2 is 1.41 bits per heavy atom. The summed E-state index contributed by atoms with van der Waals surface area (Å²) in [5, 5.41) is 0. The summed E-state index contributed by atoms with van der Waals surface area (Å²) in [6.45, 7) is 2.15. The average molecular weight is 221 g/mol. The molecule has 3 rings (SSSR count). The second kappa shape index (κ2) is 4.37. The van der Waals surface area contributed by atoms with Crippen molar-refractivity contribution in [1.82, 2.24) is 0 Å². The van der Waals surface area contributed by atoms with Gasteiger partial charge in [-0.3, -0.25) is 0 Å². The van der Waals surface area contributed by atoms with Crippen LogP contribution >= 0.6 is 0 Å². The standard InChI is InChI=1S/C17H17/c1-2-3-8-13-14-9-4-6-11-16(14)17-12-7-5-10-15(13)17/h2,4-7,9-13H,3,8H2,1H3. The van der Waals surface area contributed by atoms with Gasteiger partial charge in [0.25, 0.3) is 0 Å². The van der Waals surface area contributed by atoms with Crippen molar-refractivity contribution in [2.45, 2.75) is 25.7 Å². The van der Waals surface area contributed by atoms with E-state index in [0.29, 0.717) is 5.92 Å². The van der Waals surface area contributed by atoms with E-state index in [1.54, 1.807) is 0 Å². The molecule has 2 aromatic carbocycles. The summed E-state index contributed by atoms with van der Waals surface area (Å²) in [7, 11) is 0. The maximum Gasteiger partial charge on any atom is 0.0102 e. The normalized spacial score (nSPS) is 13.5. The first-order valence-corrected chi connectivity index (χ1v) is 6.38. The molecule has 0 aromatic heterocycles. The van der Waals surface area contributed by atoms with Gasteiger partial charge in [-0.05, 0) is 41.5 Å². The van der Waals surface area contributed by atoms with E-state index in [0.717, 1.165) is 0 Å². The molecule has 0 unspecified atom stereocenters. The van der Waals surface area contributed by atoms with Gasteiger partial charge in [-0.2, -0.15) is 0 Å². The van der Waals surface area contributed by atoms with E-state index in [2.05, 4.69) is 61.9 Å². The molecule has 0 saturated heterocycles. The molecule has 1 aliphatic carbocycles. The Balaban J connectivity index is 2.10. The predicted molar refractivity (Wildman–Crippen MR) is 72.9 cm³/mol. The van der Waals surface area contributed by atoms with Gasteiger partial charge in [0.05, 0.1) is 0 Å². The molecule has 2 aromatic rings. The molecule has 0 nitrogen and oxygen atoms in total. The van der Waals surface area contributed by atoms with Crippen molar-refractivity contribution < 1.29 is 0 Å². The van der Waals surface area contributed by atoms with Gasteiger partial charge in [-0.1, -0.05) is 55.5 Å². The topological polar surface area (TPSA) is 0 Å². The van der Waals surface area contributed by atoms with Crippen molar-refractivity contribution >= 4 is 0 Å². The van der Waals surface area contributed by atoms with Crippen molar-refractivity contribution in [3.8, 4) is 11.1 Å². The molecule has 0 spiro atoms. The lowest BCUT2D eigenvalue weighted by Gasteiger charge is -2.12. The fraction of sp³-hybridized carbons (Fsp3) is 0.235. The summed E-state index contributed by atoms with van der Waals surface area (Å²) in [5.74, 6) is 0.596. The van der Waals surface area contributed by atoms with Crippen LogP contribution in [0.15, 0.2) is 48.5 Å². The van der Waals surface area contributed by atoms with E-state index in [1.807, 2.05) is 0 Å². The lowest BCUT2D eigenvalue weighted by Crippen LogP contribution is -1.96. The van der Waals surface area contributed by atoms with Crippen LogP contribution in [0.4, 0.5) is 0 Å². The van der Waals surface area contributed by atoms with Gasteiger partial charge in [-0.15, -0.1) is 0 Å². The Morgan fingerprint density at radius 3 is 1.94 bits per heavy atom. The van der Waals surface area contributed by atoms with Crippen molar-refractivity contribution in [3.05, 3.63) is 66.1 Å². The van der Waals surface area contributed by atoms with Crippen LogP contribution in [0.1, 0.15) is 36.8 Å². The van der Waals surface area contributed by atoms with Crippen molar-refractivity contribution in [3.63, 3.8) is 0 Å². The molecule has 1 radical (unpaired) electrons. The van der Waals surface area contributed by atoms with Gasteiger partial charge < -0.3 is 0 Å². The van der Waals surface area contributed by atoms with Gasteiger partial charge in [0, 0.05) is 5.92 Å². The number of hydrogen-bond acceptors (Lipinski definition) is 0. The zero-order chi connectivity index (χ0) is 11.7. The molecule has 17 heavy (non-hydrogen) atoms. The van der Waals surface area contributed by atoms with Gasteiger partial charge in [0.15, 0.2) is 0 Å². The molecular weight excluding hydrogens is 204 g/mol. The fourth-order valence-electron chi connectivity index (χ4n) is 2.90. The Kier molecular flexibility index (Phi) is 2.72. The van der Waals surface area contributed by atoms with Gasteiger partial charge in [0.2, 0.25) is 0 Å². The van der Waals surface area contributed by atoms with Crippen LogP contribution < -0.4 is 0 Å². The van der Waals surface area contributed by atoms with Crippen LogP contribution in [0.3, 0.4) is 0 Å². The molecule has 0 amide bonds. The molecule has 0 fully saturated rings. The summed E-state index contributed by atoms with van der Waals surface area (Å²) in [5.41, 5.74) is 5.89. The zero-order valence-corrected chi connectivity index (χ0v) is 10.2. The summed E-state index contributed by atoms with van der Waals surface area (Å²) in [6, 6.07) is 17.7. The molecule has 0 bridgehead atoms. The summed E-state index contributed by atoms with van der Waals surface area (Å²) in [4.78, 5) is 0. The number of hydrogen-bond donors (Lipinski definition) is 0. The first-order valence-electron chi connectivity index (χ1n) is 6.38. The molecule has 85 valence electrons. The Labute approximate surface area is 103 Å². The highest BCUT2D eigenvalue weighted by molar-refractivity contribution is 5.78. The van der Waals surface area contributed by atoms with E-state index in [-0.39, 0.29) is 0 Å². The van der Waals surface area contributed by atoms with Crippen LogP contribution in [0.5, 0.6) is 0 Å². The van der Waals surface area contributed by atoms with E-state index in [1.165, 1.54) is 35.1 Å². The number of fused-ring (bicyclic) bond motifs is 3. The largest absolute Gasteiger partial charge is 0.0623 e. The maximum absolute atomic E-state index is 2.29. The smallest absolute Gasteiger partial charge is 0.0102 e. The Hall–Kier alpha value is -1.56. The minimum absolute atomic E-state index is 0.596. The molecule has 1 aliphatic rings. The van der Waals surface area contributed by atoms with Crippen LogP contribution in [-0.2, 0) is 0 Å². The van der Waals surface area contributed by atoms with E-state index < -0.39 is 0 Å². The highest BCUT2D eigenvalue weighted by Crippen LogP contribution is 2.46. The minimum atomic E-state index is 0.596. The molecular formula is C17H17. The lowest BCUT2D eigenvalue weighted by molar-refractivity contribution is 0.721. The van der Waals surface area contributed by atoms with E-state index in [4.69, 9.17) is 0 Å². The molecule has 0 heterocycles. The number of rotatable bonds is 3. The van der Waals surface area contributed by atoms with Gasteiger partial charge >= 0.3 is 0 Å². The second-order valence-corrected chi connectivity index (χ2v) is 4.71. The zero-order valence-electron chi connectivity index (χ0n) is 10.2. The predicted octanol–water partition coefficient (Wildman–Crippen LogP) is 4.80. The Bertz CT molecular complexity index is 480. The fourth-order valence-corrected chi connectivity index (χ4v) is 2.90. The summed E-state index contributed by atoms with van der Waals surface area (Å²) in [6.07, 6.45) is 4.68. The second-order valence-electron chi connectivity index (χ2n) is 4.71. The highest BCUT2D eigenvalue weighted by atomic mass is 14.3. The maximum atomic E-state index is 2.29. The first kappa shape index (κ1) is 10.6. The quantitative estimate of drug-likeness (QED) is 0.698. The van der Waals surface area contributed by atoms with Crippen molar-refractivity contribution in [1.29, 1.82) is 0 Å². The van der Waals surface area contributed by atoms with Crippen LogP contribution in [0.2, 0.25) is 0 Å². The SMILES string of the molecule is C[CH]CCC1c2ccccc2-c2ccccc21. The lowest BCUT2D eigenvalue weighted by atomic mass is 9.92. The molecule has 0 saturated carbocycles. The van der Waals surface area contributed by atoms with Crippen LogP contribution in [0.25, 0.3) is 11.1 Å². The van der Waals surface area contributed by atoms with Gasteiger partial charge in [-0.25, -0.2) is 0 Å². The third kappa shape index (κ3) is 1.68. The number of benzene rings is 2. The van der Waals surface area contributed by atoms with Crippen molar-refractivity contribution in [2.75, 3.05) is 0 Å². The highest BCUT2D eigenvalue weighted by Gasteiger charge is 2.26. The number of unbranched alkanes of at least 4 members (excludes halogenated alkanes) is 1. The third-order valence-corrected chi connectivity index (χ3v) is 3.71.